The molecule has 0 radical (unpaired) electrons. The summed E-state index contributed by atoms with van der Waals surface area (Å²) >= 11 is 0. The summed E-state index contributed by atoms with van der Waals surface area (Å²) in [5.41, 5.74) is 4.75. The van der Waals surface area contributed by atoms with Gasteiger partial charge in [0.1, 0.15) is 0 Å². The zero-order valence-electron chi connectivity index (χ0n) is 28.3. The lowest BCUT2D eigenvalue weighted by molar-refractivity contribution is -0.166. The fourth-order valence-electron chi connectivity index (χ4n) is 4.61. The Bertz CT molecular complexity index is 1940. The molecule has 0 N–H and O–H groups in total. The van der Waals surface area contributed by atoms with Crippen LogP contribution in [0.1, 0.15) is 40.2 Å². The maximum Gasteiger partial charge on any atom is 0.338 e. The van der Waals surface area contributed by atoms with Crippen LogP contribution in [0.4, 0.5) is 0 Å². The fourth-order valence-corrected chi connectivity index (χ4v) is 4.61. The second-order valence-electron chi connectivity index (χ2n) is 12.1. The Kier molecular flexibility index (Phi) is 10.8. The molecule has 0 fully saturated rings. The minimum Gasteiger partial charge on any atom is -0.450 e. The molecule has 3 aromatic carbocycles. The number of benzene rings is 3. The largest absolute Gasteiger partial charge is 0.450 e. The molecule has 49 heavy (non-hydrogen) atoms. The minimum atomic E-state index is -1.24. The highest BCUT2D eigenvalue weighted by atomic mass is 16.6. The number of carbonyl (C=O) groups is 4. The first-order valence-electron chi connectivity index (χ1n) is 15.3. The van der Waals surface area contributed by atoms with Gasteiger partial charge in [-0.05, 0) is 92.3 Å². The highest BCUT2D eigenvalue weighted by Gasteiger charge is 2.40. The number of esters is 4. The van der Waals surface area contributed by atoms with E-state index in [0.717, 1.165) is 33.4 Å². The van der Waals surface area contributed by atoms with Gasteiger partial charge in [0.2, 0.25) is 0 Å². The van der Waals surface area contributed by atoms with E-state index in [1.54, 1.807) is 51.1 Å². The first-order valence-corrected chi connectivity index (χ1v) is 15.3. The summed E-state index contributed by atoms with van der Waals surface area (Å²) in [7, 11) is 0. The smallest absolute Gasteiger partial charge is 0.338 e. The Balaban J connectivity index is 1.57. The molecular formula is C41H38O8. The van der Waals surface area contributed by atoms with Gasteiger partial charge in [0.25, 0.3) is 0 Å². The summed E-state index contributed by atoms with van der Waals surface area (Å²) in [6, 6.07) is 20.6. The molecule has 2 atom stereocenters. The number of rotatable bonds is 11. The minimum absolute atomic E-state index is 0.0803. The van der Waals surface area contributed by atoms with Crippen molar-refractivity contribution in [2.24, 2.45) is 0 Å². The number of hydrogen-bond acceptors (Lipinski definition) is 8. The molecule has 0 spiro atoms. The van der Waals surface area contributed by atoms with Gasteiger partial charge in [0.15, 0.2) is 23.2 Å². The molecule has 4 rings (SSSR count). The molecule has 1 aliphatic rings. The van der Waals surface area contributed by atoms with Crippen LogP contribution < -0.4 is 9.47 Å². The summed E-state index contributed by atoms with van der Waals surface area (Å²) in [6.07, 6.45) is 4.38. The SMILES string of the molecule is C=C(C)C(=O)Oc1ccc(-c2ccc(-c3ccc(C4=CC(OC(=O)C(=C)C)C(C)(OC(=O)C(=C)C)C=C4)cc3)cc2)cc1OC(=O)C(=C)C. The average molecular weight is 659 g/mol. The van der Waals surface area contributed by atoms with E-state index in [4.69, 9.17) is 18.9 Å². The molecule has 0 aliphatic heterocycles. The summed E-state index contributed by atoms with van der Waals surface area (Å²) in [5, 5.41) is 0. The van der Waals surface area contributed by atoms with Crippen molar-refractivity contribution in [3.8, 4) is 33.8 Å². The van der Waals surface area contributed by atoms with Crippen molar-refractivity contribution >= 4 is 29.5 Å². The Hall–Kier alpha value is -6.02. The molecule has 0 heterocycles. The quantitative estimate of drug-likeness (QED) is 0.115. The van der Waals surface area contributed by atoms with E-state index in [1.165, 1.54) is 13.8 Å². The van der Waals surface area contributed by atoms with Crippen molar-refractivity contribution in [3.63, 3.8) is 0 Å². The molecule has 0 aromatic heterocycles. The van der Waals surface area contributed by atoms with Gasteiger partial charge in [0.05, 0.1) is 0 Å². The normalized spacial score (nSPS) is 16.4. The van der Waals surface area contributed by atoms with Crippen LogP contribution in [0, 0.1) is 0 Å². The zero-order chi connectivity index (χ0) is 36.0. The third-order valence-electron chi connectivity index (χ3n) is 7.55. The monoisotopic (exact) mass is 658 g/mol. The lowest BCUT2D eigenvalue weighted by Gasteiger charge is -2.35. The number of carbonyl (C=O) groups excluding carboxylic acids is 4. The van der Waals surface area contributed by atoms with Gasteiger partial charge in [-0.2, -0.15) is 0 Å². The van der Waals surface area contributed by atoms with E-state index in [1.807, 2.05) is 54.6 Å². The standard InChI is InChI=1S/C41H38O8/c1-24(2)37(42)46-34-19-18-32(22-35(34)47-38(43)25(3)4)30-14-10-28(11-15-30)29-12-16-31(17-13-29)33-20-21-41(9,49-40(45)27(7)8)36(23-33)48-39(44)26(5)6/h10-23,36H,1,3,5,7H2,2,4,6,8-9H3. The molecule has 8 heteroatoms. The molecule has 3 aromatic rings. The summed E-state index contributed by atoms with van der Waals surface area (Å²) in [6.45, 7) is 22.3. The third kappa shape index (κ3) is 8.67. The average Bonchev–Trinajstić information content (AvgIpc) is 3.06. The van der Waals surface area contributed by atoms with Gasteiger partial charge in [-0.3, -0.25) is 0 Å². The van der Waals surface area contributed by atoms with Crippen molar-refractivity contribution in [2.75, 3.05) is 0 Å². The van der Waals surface area contributed by atoms with E-state index in [2.05, 4.69) is 26.3 Å². The van der Waals surface area contributed by atoms with Crippen LogP contribution in [0.2, 0.25) is 0 Å². The van der Waals surface area contributed by atoms with Gasteiger partial charge >= 0.3 is 23.9 Å². The molecule has 0 bridgehead atoms. The first kappa shape index (κ1) is 35.8. The molecule has 250 valence electrons. The predicted molar refractivity (Wildman–Crippen MR) is 189 cm³/mol. The Morgan fingerprint density at radius 3 is 1.49 bits per heavy atom. The van der Waals surface area contributed by atoms with Crippen LogP contribution in [-0.4, -0.2) is 35.6 Å². The Morgan fingerprint density at radius 1 is 0.571 bits per heavy atom. The number of allylic oxidation sites excluding steroid dienone is 2. The van der Waals surface area contributed by atoms with Crippen LogP contribution in [0.25, 0.3) is 27.8 Å². The van der Waals surface area contributed by atoms with Crippen LogP contribution in [0.15, 0.2) is 134 Å². The first-order chi connectivity index (χ1) is 23.1. The highest BCUT2D eigenvalue weighted by Crippen LogP contribution is 2.36. The summed E-state index contributed by atoms with van der Waals surface area (Å²) in [5.74, 6) is -2.31. The van der Waals surface area contributed by atoms with E-state index in [9.17, 15) is 19.2 Å². The van der Waals surface area contributed by atoms with E-state index < -0.39 is 35.6 Å². The topological polar surface area (TPSA) is 105 Å². The molecular weight excluding hydrogens is 620 g/mol. The second kappa shape index (κ2) is 14.8. The van der Waals surface area contributed by atoms with Crippen molar-refractivity contribution in [2.45, 2.75) is 46.3 Å². The number of hydrogen-bond donors (Lipinski definition) is 0. The molecule has 1 aliphatic carbocycles. The van der Waals surface area contributed by atoms with Crippen LogP contribution in [-0.2, 0) is 28.7 Å². The van der Waals surface area contributed by atoms with Gasteiger partial charge in [-0.25, -0.2) is 19.2 Å². The van der Waals surface area contributed by atoms with Crippen LogP contribution >= 0.6 is 0 Å². The summed E-state index contributed by atoms with van der Waals surface area (Å²) < 4.78 is 22.2. The molecule has 8 nitrogen and oxygen atoms in total. The summed E-state index contributed by atoms with van der Waals surface area (Å²) in [4.78, 5) is 49.3. The lowest BCUT2D eigenvalue weighted by atomic mass is 9.87. The second-order valence-corrected chi connectivity index (χ2v) is 12.1. The van der Waals surface area contributed by atoms with Crippen LogP contribution in [0.3, 0.4) is 0 Å². The number of ether oxygens (including phenoxy) is 4. The van der Waals surface area contributed by atoms with E-state index >= 15 is 0 Å². The Labute approximate surface area is 286 Å². The van der Waals surface area contributed by atoms with Crippen molar-refractivity contribution in [1.82, 2.24) is 0 Å². The zero-order valence-corrected chi connectivity index (χ0v) is 28.3. The third-order valence-corrected chi connectivity index (χ3v) is 7.55. The molecule has 0 saturated heterocycles. The van der Waals surface area contributed by atoms with Crippen molar-refractivity contribution in [1.29, 1.82) is 0 Å². The van der Waals surface area contributed by atoms with Gasteiger partial charge in [0, 0.05) is 22.3 Å². The Morgan fingerprint density at radius 2 is 1.00 bits per heavy atom. The van der Waals surface area contributed by atoms with Gasteiger partial charge in [-0.15, -0.1) is 0 Å². The van der Waals surface area contributed by atoms with Gasteiger partial charge < -0.3 is 18.9 Å². The molecule has 2 unspecified atom stereocenters. The fraction of sp³-hybridized carbons (Fsp3) is 0.171. The van der Waals surface area contributed by atoms with E-state index in [0.29, 0.717) is 0 Å². The predicted octanol–water partition coefficient (Wildman–Crippen LogP) is 8.30. The maximum atomic E-state index is 12.5. The highest BCUT2D eigenvalue weighted by molar-refractivity contribution is 5.92. The molecule has 0 saturated carbocycles. The van der Waals surface area contributed by atoms with Gasteiger partial charge in [-0.1, -0.05) is 87.0 Å². The lowest BCUT2D eigenvalue weighted by Crippen LogP contribution is -2.45. The van der Waals surface area contributed by atoms with Crippen molar-refractivity contribution < 1.29 is 38.1 Å². The maximum absolute atomic E-state index is 12.5. The molecule has 0 amide bonds. The van der Waals surface area contributed by atoms with Crippen molar-refractivity contribution in [3.05, 3.63) is 139 Å². The van der Waals surface area contributed by atoms with Crippen LogP contribution in [0.5, 0.6) is 11.5 Å². The van der Waals surface area contributed by atoms with E-state index in [-0.39, 0.29) is 33.8 Å².